The van der Waals surface area contributed by atoms with Gasteiger partial charge in [-0.3, -0.25) is 5.14 Å². The molecule has 3 nitrogen and oxygen atoms in total. The minimum Gasteiger partial charge on any atom is -0.419 e. The maximum atomic E-state index is 11.9. The fourth-order valence-corrected chi connectivity index (χ4v) is 2.83. The van der Waals surface area contributed by atoms with Crippen molar-refractivity contribution in [2.45, 2.75) is 50.5 Å². The van der Waals surface area contributed by atoms with Crippen molar-refractivity contribution in [2.24, 2.45) is 5.14 Å². The summed E-state index contributed by atoms with van der Waals surface area (Å²) in [4.78, 5) is 0.588. The highest BCUT2D eigenvalue weighted by Gasteiger charge is 2.28. The molecule has 0 radical (unpaired) electrons. The van der Waals surface area contributed by atoms with E-state index in [1.807, 2.05) is 26.0 Å². The number of benzene rings is 1. The van der Waals surface area contributed by atoms with E-state index in [0.29, 0.717) is 15.4 Å². The summed E-state index contributed by atoms with van der Waals surface area (Å²) < 4.78 is 17.6. The molecule has 1 atom stereocenters. The molecule has 0 heterocycles. The first kappa shape index (κ1) is 16.4. The van der Waals surface area contributed by atoms with Crippen LogP contribution in [-0.2, 0) is 25.1 Å². The first-order chi connectivity index (χ1) is 8.39. The number of nitrogens with two attached hydrogens (primary N) is 1. The van der Waals surface area contributed by atoms with Gasteiger partial charge < -0.3 is 4.43 Å². The van der Waals surface area contributed by atoms with E-state index in [4.69, 9.17) is 9.56 Å². The topological polar surface area (TPSA) is 52.3 Å². The zero-order valence-corrected chi connectivity index (χ0v) is 15.6. The zero-order chi connectivity index (χ0) is 15.1. The van der Waals surface area contributed by atoms with Gasteiger partial charge in [0, 0.05) is 4.90 Å². The lowest BCUT2D eigenvalue weighted by molar-refractivity contribution is 0.121. The Bertz CT molecular complexity index is 572. The van der Waals surface area contributed by atoms with Gasteiger partial charge in [-0.1, -0.05) is 26.8 Å². The highest BCUT2D eigenvalue weighted by Crippen LogP contribution is 2.35. The average molecular weight is 300 g/mol. The van der Waals surface area contributed by atoms with E-state index in [2.05, 4.69) is 26.6 Å². The first-order valence-corrected chi connectivity index (χ1v) is 8.85. The van der Waals surface area contributed by atoms with Gasteiger partial charge in [-0.15, -0.1) is 0 Å². The Kier molecular flexibility index (Phi) is 4.37. The van der Waals surface area contributed by atoms with Crippen molar-refractivity contribution in [3.63, 3.8) is 0 Å². The molecular weight excluding hydrogens is 274 g/mol. The van der Waals surface area contributed by atoms with Crippen molar-refractivity contribution in [3.05, 3.63) is 29.3 Å². The van der Waals surface area contributed by atoms with Gasteiger partial charge >= 0.3 is 0 Å². The second kappa shape index (κ2) is 5.05. The zero-order valence-electron chi connectivity index (χ0n) is 12.7. The molecule has 0 aromatic heterocycles. The van der Waals surface area contributed by atoms with Gasteiger partial charge in [0.1, 0.15) is 10.5 Å². The Morgan fingerprint density at radius 3 is 2.11 bits per heavy atom. The second-order valence-corrected chi connectivity index (χ2v) is 8.73. The maximum absolute atomic E-state index is 11.9. The van der Waals surface area contributed by atoms with Gasteiger partial charge in [0.2, 0.25) is 0 Å². The molecule has 0 bridgehead atoms. The molecule has 1 aromatic rings. The van der Waals surface area contributed by atoms with Crippen LogP contribution in [0.5, 0.6) is 0 Å². The van der Waals surface area contributed by atoms with Crippen molar-refractivity contribution >= 4 is 26.1 Å². The van der Waals surface area contributed by atoms with E-state index in [1.165, 1.54) is 0 Å². The van der Waals surface area contributed by atoms with Gasteiger partial charge in [0.25, 0.3) is 0 Å². The minimum atomic E-state index is -2.69. The van der Waals surface area contributed by atoms with Crippen LogP contribution in [0, 0.1) is 0 Å². The lowest BCUT2D eigenvalue weighted by Crippen LogP contribution is -2.27. The standard InChI is InChI=1S/C14H25NO2SSi/c1-13(2,3)12-9-10(18(6,15)16)7-8-11(12)14(4,5)17-19/h7-9H,6H2,1-5,19H3,(H2,15,16). The molecule has 0 aliphatic rings. The van der Waals surface area contributed by atoms with Crippen LogP contribution >= 0.6 is 0 Å². The summed E-state index contributed by atoms with van der Waals surface area (Å²) in [6.45, 7) is 10.5. The van der Waals surface area contributed by atoms with E-state index >= 15 is 0 Å². The SMILES string of the molecule is C=S(N)(=O)c1ccc(C(C)(C)O[SiH3])c(C(C)(C)C)c1. The third kappa shape index (κ3) is 3.69. The summed E-state index contributed by atoms with van der Waals surface area (Å²) in [6.07, 6.45) is 0. The third-order valence-corrected chi connectivity index (χ3v) is 5.43. The van der Waals surface area contributed by atoms with E-state index in [-0.39, 0.29) is 11.0 Å². The van der Waals surface area contributed by atoms with Gasteiger partial charge in [-0.2, -0.15) is 0 Å². The van der Waals surface area contributed by atoms with E-state index in [9.17, 15) is 4.21 Å². The molecule has 1 unspecified atom stereocenters. The summed E-state index contributed by atoms with van der Waals surface area (Å²) >= 11 is 0. The quantitative estimate of drug-likeness (QED) is 0.679. The van der Waals surface area contributed by atoms with Gasteiger partial charge in [0.05, 0.1) is 15.3 Å². The monoisotopic (exact) mass is 299 g/mol. The molecule has 0 amide bonds. The van der Waals surface area contributed by atoms with Gasteiger partial charge in [0.15, 0.2) is 0 Å². The molecule has 1 rings (SSSR count). The van der Waals surface area contributed by atoms with Crippen LogP contribution in [0.15, 0.2) is 23.1 Å². The summed E-state index contributed by atoms with van der Waals surface area (Å²) in [5, 5.41) is 5.65. The Hall–Kier alpha value is -0.623. The highest BCUT2D eigenvalue weighted by atomic mass is 32.2. The fourth-order valence-electron chi connectivity index (χ4n) is 1.99. The number of hydrogen-bond donors (Lipinski definition) is 1. The molecule has 19 heavy (non-hydrogen) atoms. The van der Waals surface area contributed by atoms with Crippen molar-refractivity contribution in [1.29, 1.82) is 0 Å². The van der Waals surface area contributed by atoms with Crippen LogP contribution < -0.4 is 5.14 Å². The summed E-state index contributed by atoms with van der Waals surface area (Å²) in [6, 6.07) is 5.67. The van der Waals surface area contributed by atoms with E-state index < -0.39 is 9.71 Å². The lowest BCUT2D eigenvalue weighted by Gasteiger charge is -2.32. The molecule has 108 valence electrons. The molecular formula is C14H25NO2SSi. The van der Waals surface area contributed by atoms with E-state index in [1.54, 1.807) is 6.07 Å². The van der Waals surface area contributed by atoms with E-state index in [0.717, 1.165) is 11.1 Å². The Morgan fingerprint density at radius 2 is 1.74 bits per heavy atom. The first-order valence-electron chi connectivity index (χ1n) is 6.25. The van der Waals surface area contributed by atoms with Gasteiger partial charge in [-0.05, 0) is 48.4 Å². The normalized spacial score (nSPS) is 16.3. The molecule has 0 saturated heterocycles. The van der Waals surface area contributed by atoms with Crippen LogP contribution in [-0.4, -0.2) is 20.6 Å². The predicted molar refractivity (Wildman–Crippen MR) is 86.9 cm³/mol. The van der Waals surface area contributed by atoms with Crippen molar-refractivity contribution in [3.8, 4) is 0 Å². The van der Waals surface area contributed by atoms with Crippen molar-refractivity contribution in [2.75, 3.05) is 0 Å². The summed E-state index contributed by atoms with van der Waals surface area (Å²) in [7, 11) is -2.02. The lowest BCUT2D eigenvalue weighted by atomic mass is 9.79. The number of hydrogen-bond acceptors (Lipinski definition) is 2. The summed E-state index contributed by atoms with van der Waals surface area (Å²) in [5.74, 6) is 3.56. The average Bonchev–Trinajstić information content (AvgIpc) is 2.26. The fraction of sp³-hybridized carbons (Fsp3) is 0.500. The molecule has 0 aliphatic heterocycles. The van der Waals surface area contributed by atoms with Crippen LogP contribution in [0.3, 0.4) is 0 Å². The van der Waals surface area contributed by atoms with Crippen LogP contribution in [0.2, 0.25) is 0 Å². The van der Waals surface area contributed by atoms with Crippen LogP contribution in [0.4, 0.5) is 0 Å². The predicted octanol–water partition coefficient (Wildman–Crippen LogP) is 1.47. The molecule has 2 N–H and O–H groups in total. The molecule has 5 heteroatoms. The molecule has 0 saturated carbocycles. The smallest absolute Gasteiger partial charge is 0.147 e. The molecule has 0 fully saturated rings. The maximum Gasteiger partial charge on any atom is 0.147 e. The molecule has 1 aromatic carbocycles. The highest BCUT2D eigenvalue weighted by molar-refractivity contribution is 7.98. The second-order valence-electron chi connectivity index (χ2n) is 6.40. The molecule has 0 spiro atoms. The van der Waals surface area contributed by atoms with Crippen molar-refractivity contribution < 1.29 is 8.63 Å². The Morgan fingerprint density at radius 1 is 1.21 bits per heavy atom. The number of rotatable bonds is 3. The third-order valence-electron chi connectivity index (χ3n) is 3.36. The Balaban J connectivity index is 3.61. The van der Waals surface area contributed by atoms with Crippen LogP contribution in [0.25, 0.3) is 0 Å². The molecule has 0 aliphatic carbocycles. The van der Waals surface area contributed by atoms with Gasteiger partial charge in [-0.25, -0.2) is 4.21 Å². The van der Waals surface area contributed by atoms with Crippen LogP contribution in [0.1, 0.15) is 45.7 Å². The Labute approximate surface area is 120 Å². The van der Waals surface area contributed by atoms with Crippen molar-refractivity contribution in [1.82, 2.24) is 0 Å². The minimum absolute atomic E-state index is 0.0760. The summed E-state index contributed by atoms with van der Waals surface area (Å²) in [5.41, 5.74) is 1.80. The largest absolute Gasteiger partial charge is 0.419 e.